The molecule has 0 aliphatic heterocycles. The molecule has 0 aromatic heterocycles. The van der Waals surface area contributed by atoms with Crippen LogP contribution in [0.3, 0.4) is 0 Å². The molecule has 156 valence electrons. The second kappa shape index (κ2) is 8.37. The van der Waals surface area contributed by atoms with Gasteiger partial charge in [-0.05, 0) is 48.5 Å². The Morgan fingerprint density at radius 3 is 2.17 bits per heavy atom. The molecule has 0 saturated heterocycles. The van der Waals surface area contributed by atoms with Crippen molar-refractivity contribution in [2.45, 2.75) is 11.1 Å². The van der Waals surface area contributed by atoms with Crippen LogP contribution in [0.4, 0.5) is 18.9 Å². The number of benzene rings is 3. The molecule has 0 fully saturated rings. The van der Waals surface area contributed by atoms with Gasteiger partial charge in [0.05, 0.1) is 11.1 Å². The Balaban J connectivity index is 1.87. The predicted octanol–water partition coefficient (Wildman–Crippen LogP) is 5.38. The third-order valence-electron chi connectivity index (χ3n) is 3.89. The summed E-state index contributed by atoms with van der Waals surface area (Å²) in [7, 11) is -4.24. The van der Waals surface area contributed by atoms with E-state index in [2.05, 4.69) is 5.32 Å². The molecule has 0 spiro atoms. The molecule has 0 aliphatic rings. The molecule has 0 radical (unpaired) electrons. The van der Waals surface area contributed by atoms with E-state index in [1.807, 2.05) is 0 Å². The summed E-state index contributed by atoms with van der Waals surface area (Å²) in [6, 6.07) is 14.8. The van der Waals surface area contributed by atoms with Gasteiger partial charge in [-0.2, -0.15) is 21.6 Å². The molecule has 3 aromatic carbocycles. The zero-order valence-electron chi connectivity index (χ0n) is 15.0. The van der Waals surface area contributed by atoms with Crippen LogP contribution in [0.1, 0.15) is 15.9 Å². The Morgan fingerprint density at radius 2 is 1.57 bits per heavy atom. The zero-order chi connectivity index (χ0) is 21.9. The maximum atomic E-state index is 12.7. The first-order valence-corrected chi connectivity index (χ1v) is 10.1. The van der Waals surface area contributed by atoms with Crippen LogP contribution >= 0.6 is 11.6 Å². The molecule has 0 atom stereocenters. The molecule has 0 heterocycles. The highest BCUT2D eigenvalue weighted by atomic mass is 35.5. The summed E-state index contributed by atoms with van der Waals surface area (Å²) in [6.45, 7) is 0. The lowest BCUT2D eigenvalue weighted by Crippen LogP contribution is -2.16. The van der Waals surface area contributed by atoms with E-state index in [-0.39, 0.29) is 26.9 Å². The lowest BCUT2D eigenvalue weighted by atomic mass is 10.1. The van der Waals surface area contributed by atoms with E-state index in [0.717, 1.165) is 30.3 Å². The van der Waals surface area contributed by atoms with Gasteiger partial charge in [0.1, 0.15) is 4.90 Å². The van der Waals surface area contributed by atoms with E-state index < -0.39 is 27.8 Å². The van der Waals surface area contributed by atoms with Gasteiger partial charge in [0.25, 0.3) is 5.91 Å². The fourth-order valence-corrected chi connectivity index (χ4v) is 3.57. The molecule has 5 nitrogen and oxygen atoms in total. The zero-order valence-corrected chi connectivity index (χ0v) is 16.6. The summed E-state index contributed by atoms with van der Waals surface area (Å²) in [6.07, 6.45) is -4.51. The molecule has 30 heavy (non-hydrogen) atoms. The Morgan fingerprint density at radius 1 is 0.933 bits per heavy atom. The highest BCUT2D eigenvalue weighted by Crippen LogP contribution is 2.31. The van der Waals surface area contributed by atoms with Gasteiger partial charge in [0, 0.05) is 16.8 Å². The summed E-state index contributed by atoms with van der Waals surface area (Å²) < 4.78 is 68.0. The fourth-order valence-electron chi connectivity index (χ4n) is 2.45. The molecule has 0 saturated carbocycles. The standard InChI is InChI=1S/C20H13ClF3NO4S/c21-14-8-11-17(18(12-14)29-30(27,28)16-4-2-1-3-5-16)19(26)25-15-9-6-13(7-10-15)20(22,23)24/h1-12H,(H,25,26). The minimum atomic E-state index is -4.51. The van der Waals surface area contributed by atoms with Crippen LogP contribution in [-0.2, 0) is 16.3 Å². The number of rotatable bonds is 5. The summed E-state index contributed by atoms with van der Waals surface area (Å²) in [5.74, 6) is -1.11. The van der Waals surface area contributed by atoms with Crippen molar-refractivity contribution in [1.29, 1.82) is 0 Å². The molecule has 1 amide bonds. The number of hydrogen-bond acceptors (Lipinski definition) is 4. The van der Waals surface area contributed by atoms with Crippen molar-refractivity contribution in [3.8, 4) is 5.75 Å². The fraction of sp³-hybridized carbons (Fsp3) is 0.0500. The topological polar surface area (TPSA) is 72.5 Å². The van der Waals surface area contributed by atoms with Gasteiger partial charge in [0.2, 0.25) is 0 Å². The highest BCUT2D eigenvalue weighted by molar-refractivity contribution is 7.87. The van der Waals surface area contributed by atoms with Crippen molar-refractivity contribution in [1.82, 2.24) is 0 Å². The molecule has 0 unspecified atom stereocenters. The van der Waals surface area contributed by atoms with Gasteiger partial charge in [-0.3, -0.25) is 4.79 Å². The van der Waals surface area contributed by atoms with Gasteiger partial charge < -0.3 is 9.50 Å². The first-order valence-electron chi connectivity index (χ1n) is 8.34. The Hall–Kier alpha value is -3.04. The monoisotopic (exact) mass is 455 g/mol. The second-order valence-corrected chi connectivity index (χ2v) is 8.00. The van der Waals surface area contributed by atoms with Crippen LogP contribution in [0, 0.1) is 0 Å². The number of carbonyl (C=O) groups is 1. The number of carbonyl (C=O) groups excluding carboxylic acids is 1. The summed E-state index contributed by atoms with van der Waals surface area (Å²) in [5, 5.41) is 2.52. The summed E-state index contributed by atoms with van der Waals surface area (Å²) >= 11 is 5.90. The van der Waals surface area contributed by atoms with Gasteiger partial charge in [0.15, 0.2) is 5.75 Å². The smallest absolute Gasteiger partial charge is 0.378 e. The Kier molecular flexibility index (Phi) is 6.04. The minimum absolute atomic E-state index is 0.0832. The van der Waals surface area contributed by atoms with Crippen LogP contribution in [0.25, 0.3) is 0 Å². The SMILES string of the molecule is O=C(Nc1ccc(C(F)(F)F)cc1)c1ccc(Cl)cc1OS(=O)(=O)c1ccccc1. The first-order chi connectivity index (χ1) is 14.1. The first kappa shape index (κ1) is 21.7. The van der Waals surface area contributed by atoms with Crippen molar-refractivity contribution in [3.63, 3.8) is 0 Å². The minimum Gasteiger partial charge on any atom is -0.378 e. The molecule has 3 rings (SSSR count). The van der Waals surface area contributed by atoms with Crippen LogP contribution < -0.4 is 9.50 Å². The highest BCUT2D eigenvalue weighted by Gasteiger charge is 2.30. The summed E-state index contributed by atoms with van der Waals surface area (Å²) in [5.41, 5.74) is -0.955. The number of halogens is 4. The molecule has 3 aromatic rings. The summed E-state index contributed by atoms with van der Waals surface area (Å²) in [4.78, 5) is 12.5. The molecule has 1 N–H and O–H groups in total. The molecule has 0 aliphatic carbocycles. The third-order valence-corrected chi connectivity index (χ3v) is 5.37. The Bertz CT molecular complexity index is 1160. The lowest BCUT2D eigenvalue weighted by Gasteiger charge is -2.13. The quantitative estimate of drug-likeness (QED) is 0.524. The Labute approximate surface area is 175 Å². The van der Waals surface area contributed by atoms with E-state index in [1.54, 1.807) is 6.07 Å². The second-order valence-electron chi connectivity index (χ2n) is 6.02. The maximum absolute atomic E-state index is 12.7. The van der Waals surface area contributed by atoms with Crippen LogP contribution in [-0.4, -0.2) is 14.3 Å². The van der Waals surface area contributed by atoms with E-state index in [1.165, 1.54) is 36.4 Å². The molecular weight excluding hydrogens is 443 g/mol. The number of anilines is 1. The normalized spacial score (nSPS) is 11.7. The van der Waals surface area contributed by atoms with Gasteiger partial charge >= 0.3 is 16.3 Å². The largest absolute Gasteiger partial charge is 0.416 e. The molecule has 10 heteroatoms. The van der Waals surface area contributed by atoms with E-state index in [0.29, 0.717) is 0 Å². The van der Waals surface area contributed by atoms with Crippen molar-refractivity contribution in [3.05, 3.63) is 88.9 Å². The van der Waals surface area contributed by atoms with Gasteiger partial charge in [-0.15, -0.1) is 0 Å². The molecule has 0 bridgehead atoms. The van der Waals surface area contributed by atoms with Crippen LogP contribution in [0.2, 0.25) is 5.02 Å². The average Bonchev–Trinajstić information content (AvgIpc) is 2.68. The lowest BCUT2D eigenvalue weighted by molar-refractivity contribution is -0.137. The van der Waals surface area contributed by atoms with Crippen LogP contribution in [0.15, 0.2) is 77.7 Å². The van der Waals surface area contributed by atoms with Crippen molar-refractivity contribution in [2.24, 2.45) is 0 Å². The van der Waals surface area contributed by atoms with Crippen molar-refractivity contribution >= 4 is 33.3 Å². The maximum Gasteiger partial charge on any atom is 0.416 e. The number of amides is 1. The third kappa shape index (κ3) is 5.11. The average molecular weight is 456 g/mol. The van der Waals surface area contributed by atoms with Gasteiger partial charge in [-0.1, -0.05) is 29.8 Å². The number of hydrogen-bond donors (Lipinski definition) is 1. The van der Waals surface area contributed by atoms with Gasteiger partial charge in [-0.25, -0.2) is 0 Å². The van der Waals surface area contributed by atoms with Crippen molar-refractivity contribution < 1.29 is 30.6 Å². The van der Waals surface area contributed by atoms with E-state index >= 15 is 0 Å². The molecular formula is C20H13ClF3NO4S. The van der Waals surface area contributed by atoms with E-state index in [4.69, 9.17) is 15.8 Å². The number of alkyl halides is 3. The predicted molar refractivity (Wildman–Crippen MR) is 105 cm³/mol. The van der Waals surface area contributed by atoms with Crippen LogP contribution in [0.5, 0.6) is 5.75 Å². The number of nitrogens with one attached hydrogen (secondary N) is 1. The van der Waals surface area contributed by atoms with Crippen molar-refractivity contribution in [2.75, 3.05) is 5.32 Å². The van der Waals surface area contributed by atoms with E-state index in [9.17, 15) is 26.4 Å².